The highest BCUT2D eigenvalue weighted by Gasteiger charge is 2.51. The maximum Gasteiger partial charge on any atom is 0.187 e. The minimum Gasteiger partial charge on any atom is -0.376 e. The molecule has 6 heteroatoms. The van der Waals surface area contributed by atoms with E-state index in [1.165, 1.54) is 0 Å². The smallest absolute Gasteiger partial charge is 0.187 e. The summed E-state index contributed by atoms with van der Waals surface area (Å²) in [5, 5.41) is 0. The van der Waals surface area contributed by atoms with Gasteiger partial charge in [-0.1, -0.05) is 66.7 Å². The van der Waals surface area contributed by atoms with Crippen LogP contribution < -0.4 is 0 Å². The van der Waals surface area contributed by atoms with Gasteiger partial charge >= 0.3 is 0 Å². The maximum atomic E-state index is 6.29. The number of methoxy groups -OCH3 is 1. The van der Waals surface area contributed by atoms with Crippen LogP contribution in [0, 0.1) is 0 Å². The summed E-state index contributed by atoms with van der Waals surface area (Å²) in [6.45, 7) is 4.86. The molecule has 2 aromatic rings. The summed E-state index contributed by atoms with van der Waals surface area (Å²) in [5.74, 6) is 0. The average molecular weight is 412 g/mol. The van der Waals surface area contributed by atoms with E-state index in [1.54, 1.807) is 13.2 Å². The van der Waals surface area contributed by atoms with Crippen LogP contribution in [-0.2, 0) is 35.0 Å². The quantitative estimate of drug-likeness (QED) is 0.617. The number of hydrogen-bond donors (Lipinski definition) is 0. The van der Waals surface area contributed by atoms with Crippen molar-refractivity contribution in [3.05, 3.63) is 84.4 Å². The van der Waals surface area contributed by atoms with Gasteiger partial charge in [-0.3, -0.25) is 0 Å². The van der Waals surface area contributed by atoms with Gasteiger partial charge < -0.3 is 28.4 Å². The van der Waals surface area contributed by atoms with Crippen LogP contribution in [0.5, 0.6) is 0 Å². The summed E-state index contributed by atoms with van der Waals surface area (Å²) in [4.78, 5) is 0. The molecule has 0 aliphatic carbocycles. The highest BCUT2D eigenvalue weighted by molar-refractivity contribution is 5.17. The average Bonchev–Trinajstić information content (AvgIpc) is 2.81. The topological polar surface area (TPSA) is 55.4 Å². The first-order valence-corrected chi connectivity index (χ1v) is 10.2. The molecule has 0 saturated carbocycles. The standard InChI is InChI=1S/C24H28O6/c1-3-14-26-24-22(27-15-17-10-6-4-7-11-17)21(25-2)20-19(29-24)16-28-23(30-20)18-12-8-5-9-13-18/h3-13,19-24H,1,14-16H2,2H3/t19-,20-,21+,22+,23-,24-/m1/s1. The fourth-order valence-electron chi connectivity index (χ4n) is 3.83. The molecule has 0 amide bonds. The highest BCUT2D eigenvalue weighted by atomic mass is 16.8. The molecule has 0 radical (unpaired) electrons. The zero-order valence-corrected chi connectivity index (χ0v) is 17.1. The molecule has 0 bridgehead atoms. The summed E-state index contributed by atoms with van der Waals surface area (Å²) in [7, 11) is 1.66. The van der Waals surface area contributed by atoms with Gasteiger partial charge in [-0.05, 0) is 5.56 Å². The van der Waals surface area contributed by atoms with Crippen LogP contribution in [0.25, 0.3) is 0 Å². The summed E-state index contributed by atoms with van der Waals surface area (Å²) in [5.41, 5.74) is 2.02. The van der Waals surface area contributed by atoms with E-state index in [0.29, 0.717) is 19.8 Å². The molecule has 6 atom stereocenters. The maximum absolute atomic E-state index is 6.29. The fourth-order valence-corrected chi connectivity index (χ4v) is 3.83. The lowest BCUT2D eigenvalue weighted by Crippen LogP contribution is -2.63. The molecule has 4 rings (SSSR count). The zero-order chi connectivity index (χ0) is 20.8. The molecule has 2 aliphatic rings. The van der Waals surface area contributed by atoms with Gasteiger partial charge in [0, 0.05) is 12.7 Å². The number of ether oxygens (including phenoxy) is 6. The van der Waals surface area contributed by atoms with E-state index in [2.05, 4.69) is 6.58 Å². The Morgan fingerprint density at radius 1 is 0.967 bits per heavy atom. The predicted octanol–water partition coefficient (Wildman–Crippen LogP) is 3.63. The second kappa shape index (κ2) is 10.3. The number of hydrogen-bond acceptors (Lipinski definition) is 6. The van der Waals surface area contributed by atoms with E-state index < -0.39 is 18.7 Å². The van der Waals surface area contributed by atoms with Crippen molar-refractivity contribution in [3.8, 4) is 0 Å². The second-order valence-electron chi connectivity index (χ2n) is 7.30. The minimum absolute atomic E-state index is 0.318. The van der Waals surface area contributed by atoms with Crippen molar-refractivity contribution in [2.75, 3.05) is 20.3 Å². The molecule has 30 heavy (non-hydrogen) atoms. The Hall–Kier alpha value is -2.06. The molecule has 2 saturated heterocycles. The molecule has 2 aliphatic heterocycles. The molecule has 0 spiro atoms. The van der Waals surface area contributed by atoms with Crippen LogP contribution in [0.15, 0.2) is 73.3 Å². The third kappa shape index (κ3) is 4.81. The molecule has 2 aromatic carbocycles. The first kappa shape index (κ1) is 21.2. The number of benzene rings is 2. The lowest BCUT2D eigenvalue weighted by atomic mass is 9.97. The second-order valence-corrected chi connectivity index (χ2v) is 7.30. The van der Waals surface area contributed by atoms with Gasteiger partial charge in [-0.2, -0.15) is 0 Å². The van der Waals surface area contributed by atoms with Crippen molar-refractivity contribution in [2.24, 2.45) is 0 Å². The van der Waals surface area contributed by atoms with Crippen LogP contribution in [0.1, 0.15) is 17.4 Å². The number of fused-ring (bicyclic) bond motifs is 1. The van der Waals surface area contributed by atoms with Crippen LogP contribution in [0.4, 0.5) is 0 Å². The molecule has 2 heterocycles. The van der Waals surface area contributed by atoms with E-state index in [1.807, 2.05) is 60.7 Å². The minimum atomic E-state index is -0.613. The Morgan fingerprint density at radius 3 is 2.40 bits per heavy atom. The van der Waals surface area contributed by atoms with E-state index in [0.717, 1.165) is 11.1 Å². The van der Waals surface area contributed by atoms with Crippen molar-refractivity contribution >= 4 is 0 Å². The van der Waals surface area contributed by atoms with Gasteiger partial charge in [-0.15, -0.1) is 6.58 Å². The normalized spacial score (nSPS) is 31.1. The van der Waals surface area contributed by atoms with Crippen molar-refractivity contribution in [1.82, 2.24) is 0 Å². The van der Waals surface area contributed by atoms with Gasteiger partial charge in [-0.25, -0.2) is 0 Å². The third-order valence-electron chi connectivity index (χ3n) is 5.29. The fraction of sp³-hybridized carbons (Fsp3) is 0.417. The molecular formula is C24H28O6. The van der Waals surface area contributed by atoms with Crippen LogP contribution in [0.2, 0.25) is 0 Å². The highest BCUT2D eigenvalue weighted by Crippen LogP contribution is 2.36. The van der Waals surface area contributed by atoms with Gasteiger partial charge in [0.1, 0.15) is 24.4 Å². The van der Waals surface area contributed by atoms with Crippen molar-refractivity contribution in [2.45, 2.75) is 43.6 Å². The molecule has 160 valence electrons. The summed E-state index contributed by atoms with van der Waals surface area (Å²) >= 11 is 0. The third-order valence-corrected chi connectivity index (χ3v) is 5.29. The van der Waals surface area contributed by atoms with Crippen molar-refractivity contribution < 1.29 is 28.4 Å². The molecule has 2 fully saturated rings. The van der Waals surface area contributed by atoms with Crippen LogP contribution >= 0.6 is 0 Å². The van der Waals surface area contributed by atoms with E-state index in [4.69, 9.17) is 28.4 Å². The lowest BCUT2D eigenvalue weighted by Gasteiger charge is -2.48. The SMILES string of the molecule is C=CCO[C@@H]1O[C@@H]2CO[C@@H](c3ccccc3)O[C@H]2[C@H](OC)[C@@H]1OCc1ccccc1. The molecule has 6 nitrogen and oxygen atoms in total. The van der Waals surface area contributed by atoms with E-state index in [9.17, 15) is 0 Å². The first-order valence-electron chi connectivity index (χ1n) is 10.2. The van der Waals surface area contributed by atoms with Crippen molar-refractivity contribution in [3.63, 3.8) is 0 Å². The lowest BCUT2D eigenvalue weighted by molar-refractivity contribution is -0.368. The first-order chi connectivity index (χ1) is 14.8. The summed E-state index contributed by atoms with van der Waals surface area (Å²) in [6.07, 6.45) is -0.916. The largest absolute Gasteiger partial charge is 0.376 e. The number of rotatable bonds is 8. The van der Waals surface area contributed by atoms with Crippen LogP contribution in [-0.4, -0.2) is 51.0 Å². The molecule has 0 N–H and O–H groups in total. The monoisotopic (exact) mass is 412 g/mol. The van der Waals surface area contributed by atoms with Gasteiger partial charge in [0.15, 0.2) is 12.6 Å². The summed E-state index contributed by atoms with van der Waals surface area (Å²) < 4.78 is 36.4. The van der Waals surface area contributed by atoms with E-state index >= 15 is 0 Å². The van der Waals surface area contributed by atoms with Gasteiger partial charge in [0.25, 0.3) is 0 Å². The molecular weight excluding hydrogens is 384 g/mol. The Kier molecular flexibility index (Phi) is 7.28. The Balaban J connectivity index is 1.52. The van der Waals surface area contributed by atoms with Gasteiger partial charge in [0.05, 0.1) is 19.8 Å². The Labute approximate surface area is 177 Å². The Morgan fingerprint density at radius 2 is 1.70 bits per heavy atom. The van der Waals surface area contributed by atoms with Crippen LogP contribution in [0.3, 0.4) is 0 Å². The molecule has 0 aromatic heterocycles. The van der Waals surface area contributed by atoms with E-state index in [-0.39, 0.29) is 18.3 Å². The zero-order valence-electron chi connectivity index (χ0n) is 17.1. The molecule has 0 unspecified atom stereocenters. The van der Waals surface area contributed by atoms with Gasteiger partial charge in [0.2, 0.25) is 0 Å². The summed E-state index contributed by atoms with van der Waals surface area (Å²) in [6, 6.07) is 19.8. The van der Waals surface area contributed by atoms with Crippen molar-refractivity contribution in [1.29, 1.82) is 0 Å². The predicted molar refractivity (Wildman–Crippen MR) is 111 cm³/mol. The Bertz CT molecular complexity index is 783.